The van der Waals surface area contributed by atoms with E-state index in [9.17, 15) is 4.79 Å². The van der Waals surface area contributed by atoms with Crippen LogP contribution in [0.25, 0.3) is 0 Å². The number of nitrogens with zero attached hydrogens (tertiary/aromatic N) is 2. The zero-order chi connectivity index (χ0) is 22.8. The van der Waals surface area contributed by atoms with E-state index in [0.717, 1.165) is 30.2 Å². The maximum Gasteiger partial charge on any atom is 0.335 e. The second-order valence-corrected chi connectivity index (χ2v) is 12.6. The second kappa shape index (κ2) is 8.09. The summed E-state index contributed by atoms with van der Waals surface area (Å²) in [6.45, 7) is 10.2. The van der Waals surface area contributed by atoms with Gasteiger partial charge in [-0.1, -0.05) is 25.5 Å². The van der Waals surface area contributed by atoms with Crippen LogP contribution in [-0.4, -0.2) is 49.1 Å². The fraction of sp³-hybridized carbons (Fsp3) is 0.759. The van der Waals surface area contributed by atoms with Gasteiger partial charge in [0.05, 0.1) is 6.26 Å². The molecule has 4 fully saturated rings. The predicted octanol–water partition coefficient (Wildman–Crippen LogP) is 5.30. The van der Waals surface area contributed by atoms with Gasteiger partial charge < -0.3 is 9.32 Å². The zero-order valence-corrected chi connectivity index (χ0v) is 20.9. The Balaban J connectivity index is 1.19. The molecule has 0 radical (unpaired) electrons. The predicted molar refractivity (Wildman–Crippen MR) is 132 cm³/mol. The van der Waals surface area contributed by atoms with Crippen LogP contribution in [0.5, 0.6) is 0 Å². The van der Waals surface area contributed by atoms with E-state index in [1.54, 1.807) is 17.9 Å². The molecule has 0 amide bonds. The van der Waals surface area contributed by atoms with E-state index in [0.29, 0.717) is 11.3 Å². The molecule has 1 aromatic rings. The van der Waals surface area contributed by atoms with E-state index in [4.69, 9.17) is 4.42 Å². The van der Waals surface area contributed by atoms with Gasteiger partial charge in [0.1, 0.15) is 0 Å². The van der Waals surface area contributed by atoms with Crippen LogP contribution in [0, 0.1) is 28.6 Å². The lowest BCUT2D eigenvalue weighted by Crippen LogP contribution is -2.56. The van der Waals surface area contributed by atoms with Gasteiger partial charge in [-0.25, -0.2) is 4.79 Å². The highest BCUT2D eigenvalue weighted by Gasteiger charge is 2.58. The van der Waals surface area contributed by atoms with Crippen LogP contribution in [0.2, 0.25) is 0 Å². The first-order valence-corrected chi connectivity index (χ1v) is 13.6. The Morgan fingerprint density at radius 2 is 1.82 bits per heavy atom. The molecule has 0 unspecified atom stereocenters. The van der Waals surface area contributed by atoms with Gasteiger partial charge in [0.2, 0.25) is 0 Å². The Bertz CT molecular complexity index is 956. The average Bonchev–Trinajstić information content (AvgIpc) is 3.17. The lowest BCUT2D eigenvalue weighted by molar-refractivity contribution is -0.0761. The van der Waals surface area contributed by atoms with Crippen LogP contribution in [0.3, 0.4) is 0 Å². The highest BCUT2D eigenvalue weighted by molar-refractivity contribution is 5.36. The largest absolute Gasteiger partial charge is 0.431 e. The van der Waals surface area contributed by atoms with Gasteiger partial charge in [-0.2, -0.15) is 0 Å². The van der Waals surface area contributed by atoms with Crippen molar-refractivity contribution >= 4 is 0 Å². The molecule has 1 aromatic heterocycles. The van der Waals surface area contributed by atoms with Crippen molar-refractivity contribution in [3.05, 3.63) is 46.0 Å². The maximum atomic E-state index is 11.5. The number of hydrogen-bond acceptors (Lipinski definition) is 4. The molecular formula is C29H42N2O2. The number of hydrogen-bond donors (Lipinski definition) is 0. The van der Waals surface area contributed by atoms with Gasteiger partial charge in [0.15, 0.2) is 0 Å². The summed E-state index contributed by atoms with van der Waals surface area (Å²) in [5, 5.41) is 0. The first-order valence-electron chi connectivity index (χ1n) is 13.6. The SMILES string of the molecule is CN1CCN([C@H]2CC[C@@]3(C)[C@H](CC[C@H]4C5=CC[C@H](c6ccc(=O)oc6)[C@@]5(C)CC[C@@H]43)C2)CC1. The van der Waals surface area contributed by atoms with E-state index < -0.39 is 0 Å². The summed E-state index contributed by atoms with van der Waals surface area (Å²) in [6.07, 6.45) is 15.2. The van der Waals surface area contributed by atoms with Gasteiger partial charge in [0, 0.05) is 38.3 Å². The summed E-state index contributed by atoms with van der Waals surface area (Å²) in [4.78, 5) is 16.8. The molecule has 7 atom stereocenters. The lowest BCUT2D eigenvalue weighted by atomic mass is 9.45. The molecule has 0 N–H and O–H groups in total. The maximum absolute atomic E-state index is 11.5. The fourth-order valence-corrected chi connectivity index (χ4v) is 9.16. The molecule has 5 aliphatic rings. The fourth-order valence-electron chi connectivity index (χ4n) is 9.16. The number of allylic oxidation sites excluding steroid dienone is 2. The molecule has 3 saturated carbocycles. The van der Waals surface area contributed by atoms with Gasteiger partial charge in [-0.15, -0.1) is 0 Å². The quantitative estimate of drug-likeness (QED) is 0.573. The van der Waals surface area contributed by atoms with Gasteiger partial charge in [-0.3, -0.25) is 4.90 Å². The summed E-state index contributed by atoms with van der Waals surface area (Å²) in [5.74, 6) is 3.00. The highest BCUT2D eigenvalue weighted by atomic mass is 16.4. The van der Waals surface area contributed by atoms with Crippen molar-refractivity contribution in [3.8, 4) is 0 Å². The molecule has 0 aromatic carbocycles. The van der Waals surface area contributed by atoms with Crippen molar-refractivity contribution in [1.82, 2.24) is 9.80 Å². The smallest absolute Gasteiger partial charge is 0.335 e. The topological polar surface area (TPSA) is 36.7 Å². The van der Waals surface area contributed by atoms with Gasteiger partial charge in [0.25, 0.3) is 0 Å². The molecule has 4 nitrogen and oxygen atoms in total. The molecule has 180 valence electrons. The summed E-state index contributed by atoms with van der Waals surface area (Å²) in [5.41, 5.74) is 3.50. The minimum Gasteiger partial charge on any atom is -0.431 e. The van der Waals surface area contributed by atoms with Crippen LogP contribution in [0.15, 0.2) is 39.3 Å². The zero-order valence-electron chi connectivity index (χ0n) is 20.9. The number of piperazine rings is 1. The Labute approximate surface area is 199 Å². The summed E-state index contributed by atoms with van der Waals surface area (Å²) < 4.78 is 5.27. The molecule has 6 rings (SSSR count). The summed E-state index contributed by atoms with van der Waals surface area (Å²) in [7, 11) is 2.27. The van der Waals surface area contributed by atoms with Crippen LogP contribution < -0.4 is 5.63 Å². The Morgan fingerprint density at radius 1 is 1.00 bits per heavy atom. The molecule has 4 heteroatoms. The summed E-state index contributed by atoms with van der Waals surface area (Å²) in [6, 6.07) is 4.44. The van der Waals surface area contributed by atoms with E-state index in [1.165, 1.54) is 76.7 Å². The minimum absolute atomic E-state index is 0.237. The minimum atomic E-state index is -0.239. The van der Waals surface area contributed by atoms with Crippen LogP contribution in [-0.2, 0) is 0 Å². The number of rotatable bonds is 2. The molecular weight excluding hydrogens is 408 g/mol. The van der Waals surface area contributed by atoms with Crippen LogP contribution in [0.1, 0.15) is 76.7 Å². The average molecular weight is 451 g/mol. The van der Waals surface area contributed by atoms with Crippen molar-refractivity contribution in [3.63, 3.8) is 0 Å². The third-order valence-electron chi connectivity index (χ3n) is 11.2. The number of fused-ring (bicyclic) bond motifs is 5. The van der Waals surface area contributed by atoms with Gasteiger partial charge >= 0.3 is 5.63 Å². The van der Waals surface area contributed by atoms with Crippen molar-refractivity contribution < 1.29 is 4.42 Å². The molecule has 0 spiro atoms. The standard InChI is InChI=1S/C29H42N2O2/c1-28-12-10-22(31-16-14-30(3)15-17-31)18-21(28)5-6-23-25-8-7-24(20-4-9-27(32)33-19-20)29(25,2)13-11-26(23)28/h4,8-9,19,21-24,26H,5-7,10-18H2,1-3H3/t21-,22+,23+,24-,26+,28+,29-/m1/s1. The third-order valence-corrected chi connectivity index (χ3v) is 11.2. The van der Waals surface area contributed by atoms with Crippen molar-refractivity contribution in [2.75, 3.05) is 33.2 Å². The Hall–Kier alpha value is -1.39. The molecule has 1 aliphatic heterocycles. The first kappa shape index (κ1) is 22.1. The van der Waals surface area contributed by atoms with Crippen molar-refractivity contribution in [2.24, 2.45) is 28.6 Å². The Kier molecular flexibility index (Phi) is 5.41. The lowest BCUT2D eigenvalue weighted by Gasteiger charge is -2.60. The van der Waals surface area contributed by atoms with Crippen LogP contribution in [0.4, 0.5) is 0 Å². The highest BCUT2D eigenvalue weighted by Crippen LogP contribution is 2.67. The molecule has 4 aliphatic carbocycles. The van der Waals surface area contributed by atoms with E-state index in [2.05, 4.69) is 36.8 Å². The molecule has 0 bridgehead atoms. The van der Waals surface area contributed by atoms with Crippen molar-refractivity contribution in [1.29, 1.82) is 0 Å². The summed E-state index contributed by atoms with van der Waals surface area (Å²) >= 11 is 0. The molecule has 1 saturated heterocycles. The third kappa shape index (κ3) is 3.50. The van der Waals surface area contributed by atoms with E-state index >= 15 is 0 Å². The number of likely N-dealkylation sites (N-methyl/N-ethyl adjacent to an activating group) is 1. The van der Waals surface area contributed by atoms with Crippen LogP contribution >= 0.6 is 0 Å². The molecule has 33 heavy (non-hydrogen) atoms. The van der Waals surface area contributed by atoms with Gasteiger partial charge in [-0.05, 0) is 105 Å². The molecule has 2 heterocycles. The monoisotopic (exact) mass is 450 g/mol. The normalized spacial score (nSPS) is 44.0. The first-order chi connectivity index (χ1) is 15.9. The van der Waals surface area contributed by atoms with E-state index in [1.807, 2.05) is 6.07 Å². The van der Waals surface area contributed by atoms with E-state index in [-0.39, 0.29) is 11.0 Å². The Morgan fingerprint density at radius 3 is 2.58 bits per heavy atom. The second-order valence-electron chi connectivity index (χ2n) is 12.6. The van der Waals surface area contributed by atoms with Crippen molar-refractivity contribution in [2.45, 2.75) is 77.2 Å².